The molecule has 31 heavy (non-hydrogen) atoms. The Kier molecular flexibility index (Phi) is 6.55. The lowest BCUT2D eigenvalue weighted by Gasteiger charge is -2.36. The fourth-order valence-corrected chi connectivity index (χ4v) is 6.32. The van der Waals surface area contributed by atoms with Gasteiger partial charge in [0.15, 0.2) is 0 Å². The molecule has 4 rings (SSSR count). The third-order valence-corrected chi connectivity index (χ3v) is 8.12. The molecule has 6 nitrogen and oxygen atoms in total. The maximum absolute atomic E-state index is 13.4. The monoisotopic (exact) mass is 462 g/mol. The normalized spacial score (nSPS) is 19.7. The zero-order chi connectivity index (χ0) is 22.0. The second kappa shape index (κ2) is 9.18. The molecular formula is C23H27ClN2O4S. The summed E-state index contributed by atoms with van der Waals surface area (Å²) in [5.74, 6) is -0.0259. The fraction of sp³-hybridized carbons (Fsp3) is 0.435. The van der Waals surface area contributed by atoms with E-state index >= 15 is 0 Å². The summed E-state index contributed by atoms with van der Waals surface area (Å²) in [5.41, 5.74) is 2.45. The minimum Gasteiger partial charge on any atom is -0.492 e. The van der Waals surface area contributed by atoms with Gasteiger partial charge in [0.25, 0.3) is 0 Å². The van der Waals surface area contributed by atoms with Gasteiger partial charge in [0.05, 0.1) is 12.5 Å². The van der Waals surface area contributed by atoms with Gasteiger partial charge in [0.2, 0.25) is 15.9 Å². The van der Waals surface area contributed by atoms with E-state index in [1.165, 1.54) is 21.5 Å². The van der Waals surface area contributed by atoms with Crippen molar-refractivity contribution in [2.45, 2.75) is 37.6 Å². The van der Waals surface area contributed by atoms with Gasteiger partial charge in [-0.05, 0) is 55.5 Å². The number of halogens is 1. The third-order valence-electron chi connectivity index (χ3n) is 6.00. The summed E-state index contributed by atoms with van der Waals surface area (Å²) in [6, 6.07) is 12.8. The molecule has 2 aliphatic heterocycles. The molecule has 1 amide bonds. The number of carbonyl (C=O) groups excluding carboxylic acids is 1. The maximum atomic E-state index is 13.4. The molecule has 1 fully saturated rings. The van der Waals surface area contributed by atoms with Crippen molar-refractivity contribution in [2.24, 2.45) is 5.92 Å². The predicted molar refractivity (Wildman–Crippen MR) is 120 cm³/mol. The zero-order valence-corrected chi connectivity index (χ0v) is 19.2. The average molecular weight is 463 g/mol. The van der Waals surface area contributed by atoms with E-state index in [0.29, 0.717) is 44.1 Å². The van der Waals surface area contributed by atoms with Crippen molar-refractivity contribution in [3.63, 3.8) is 0 Å². The average Bonchev–Trinajstić information content (AvgIpc) is 2.79. The van der Waals surface area contributed by atoms with Gasteiger partial charge in [-0.25, -0.2) is 8.42 Å². The highest BCUT2D eigenvalue weighted by atomic mass is 35.5. The van der Waals surface area contributed by atoms with Crippen LogP contribution in [0.1, 0.15) is 30.9 Å². The number of nitrogens with zero attached hydrogens (tertiary/aromatic N) is 2. The van der Waals surface area contributed by atoms with Crippen molar-refractivity contribution >= 4 is 27.5 Å². The molecule has 2 aromatic carbocycles. The molecule has 0 aromatic heterocycles. The van der Waals surface area contributed by atoms with Crippen molar-refractivity contribution in [1.29, 1.82) is 0 Å². The number of ether oxygens (including phenoxy) is 1. The van der Waals surface area contributed by atoms with Gasteiger partial charge in [-0.3, -0.25) is 4.79 Å². The lowest BCUT2D eigenvalue weighted by atomic mass is 9.95. The maximum Gasteiger partial charge on any atom is 0.246 e. The van der Waals surface area contributed by atoms with Crippen molar-refractivity contribution in [1.82, 2.24) is 9.21 Å². The number of rotatable bonds is 5. The number of sulfonamides is 1. The van der Waals surface area contributed by atoms with E-state index < -0.39 is 10.0 Å². The molecule has 8 heteroatoms. The second-order valence-electron chi connectivity index (χ2n) is 8.00. The van der Waals surface area contributed by atoms with Gasteiger partial charge in [-0.1, -0.05) is 35.9 Å². The van der Waals surface area contributed by atoms with Crippen LogP contribution in [-0.2, 0) is 27.8 Å². The molecule has 2 aliphatic rings. The molecule has 1 unspecified atom stereocenters. The van der Waals surface area contributed by atoms with E-state index in [0.717, 1.165) is 6.42 Å². The molecule has 0 bridgehead atoms. The minimum atomic E-state index is -3.83. The second-order valence-corrected chi connectivity index (χ2v) is 10.3. The molecular weight excluding hydrogens is 436 g/mol. The van der Waals surface area contributed by atoms with E-state index in [9.17, 15) is 13.2 Å². The first-order valence-corrected chi connectivity index (χ1v) is 12.5. The zero-order valence-electron chi connectivity index (χ0n) is 17.6. The van der Waals surface area contributed by atoms with E-state index in [-0.39, 0.29) is 29.0 Å². The number of fused-ring (bicyclic) bond motifs is 1. The number of carbonyl (C=O) groups is 1. The smallest absolute Gasteiger partial charge is 0.246 e. The molecule has 0 N–H and O–H groups in total. The van der Waals surface area contributed by atoms with Crippen LogP contribution in [0.15, 0.2) is 47.4 Å². The Labute approximate surface area is 188 Å². The van der Waals surface area contributed by atoms with Crippen LogP contribution < -0.4 is 4.74 Å². The summed E-state index contributed by atoms with van der Waals surface area (Å²) in [6.45, 7) is 3.96. The minimum absolute atomic E-state index is 0.0329. The highest BCUT2D eigenvalue weighted by molar-refractivity contribution is 7.89. The highest BCUT2D eigenvalue weighted by Gasteiger charge is 2.37. The summed E-state index contributed by atoms with van der Waals surface area (Å²) in [5, 5.41) is 0.332. The summed E-state index contributed by atoms with van der Waals surface area (Å²) < 4.78 is 33.8. The third kappa shape index (κ3) is 4.59. The van der Waals surface area contributed by atoms with Crippen molar-refractivity contribution < 1.29 is 17.9 Å². The van der Waals surface area contributed by atoms with E-state index in [1.54, 1.807) is 19.1 Å². The van der Waals surface area contributed by atoms with Crippen LogP contribution in [0.4, 0.5) is 0 Å². The molecule has 0 radical (unpaired) electrons. The molecule has 166 valence electrons. The van der Waals surface area contributed by atoms with Crippen molar-refractivity contribution in [3.05, 3.63) is 58.6 Å². The van der Waals surface area contributed by atoms with Gasteiger partial charge in [0.1, 0.15) is 10.6 Å². The Bertz CT molecular complexity index is 1070. The quantitative estimate of drug-likeness (QED) is 0.679. The molecule has 2 heterocycles. The van der Waals surface area contributed by atoms with Gasteiger partial charge in [0, 0.05) is 31.2 Å². The van der Waals surface area contributed by atoms with Crippen molar-refractivity contribution in [2.75, 3.05) is 26.2 Å². The van der Waals surface area contributed by atoms with Gasteiger partial charge >= 0.3 is 0 Å². The molecule has 2 aromatic rings. The number of benzene rings is 2. The summed E-state index contributed by atoms with van der Waals surface area (Å²) in [7, 11) is -3.83. The molecule has 0 saturated carbocycles. The molecule has 0 spiro atoms. The number of hydrogen-bond acceptors (Lipinski definition) is 4. The number of amides is 1. The van der Waals surface area contributed by atoms with Crippen LogP contribution in [-0.4, -0.2) is 49.8 Å². The van der Waals surface area contributed by atoms with E-state index in [4.69, 9.17) is 16.3 Å². The van der Waals surface area contributed by atoms with Crippen LogP contribution >= 0.6 is 11.6 Å². The topological polar surface area (TPSA) is 66.9 Å². The van der Waals surface area contributed by atoms with Crippen LogP contribution in [0.3, 0.4) is 0 Å². The Morgan fingerprint density at radius 1 is 1.16 bits per heavy atom. The Morgan fingerprint density at radius 3 is 2.71 bits per heavy atom. The van der Waals surface area contributed by atoms with Gasteiger partial charge < -0.3 is 9.64 Å². The van der Waals surface area contributed by atoms with Crippen LogP contribution in [0.5, 0.6) is 5.75 Å². The van der Waals surface area contributed by atoms with Crippen LogP contribution in [0.2, 0.25) is 5.02 Å². The lowest BCUT2D eigenvalue weighted by molar-refractivity contribution is -0.137. The first-order valence-electron chi connectivity index (χ1n) is 10.7. The van der Waals surface area contributed by atoms with Gasteiger partial charge in [-0.15, -0.1) is 0 Å². The van der Waals surface area contributed by atoms with Crippen LogP contribution in [0, 0.1) is 5.92 Å². The van der Waals surface area contributed by atoms with E-state index in [1.807, 2.05) is 17.0 Å². The Hall–Kier alpha value is -2.09. The Morgan fingerprint density at radius 2 is 1.94 bits per heavy atom. The first-order chi connectivity index (χ1) is 14.9. The highest BCUT2D eigenvalue weighted by Crippen LogP contribution is 2.33. The summed E-state index contributed by atoms with van der Waals surface area (Å²) in [4.78, 5) is 15.2. The molecule has 1 atom stereocenters. The summed E-state index contributed by atoms with van der Waals surface area (Å²) in [6.07, 6.45) is 2.17. The van der Waals surface area contributed by atoms with Crippen LogP contribution in [0.25, 0.3) is 0 Å². The fourth-order valence-electron chi connectivity index (χ4n) is 4.40. The first kappa shape index (κ1) is 22.1. The molecule has 0 aliphatic carbocycles. The summed E-state index contributed by atoms with van der Waals surface area (Å²) >= 11 is 6.08. The molecule has 1 saturated heterocycles. The largest absolute Gasteiger partial charge is 0.492 e. The number of piperidine rings is 1. The number of hydrogen-bond donors (Lipinski definition) is 0. The van der Waals surface area contributed by atoms with Crippen molar-refractivity contribution in [3.8, 4) is 5.75 Å². The predicted octanol–water partition coefficient (Wildman–Crippen LogP) is 3.72. The SMILES string of the molecule is CCOc1ccc(Cl)cc1S(=O)(=O)N1CCCC(C(=O)N2CCc3ccccc3C2)C1. The van der Waals surface area contributed by atoms with Gasteiger partial charge in [-0.2, -0.15) is 4.31 Å². The Balaban J connectivity index is 1.52. The standard InChI is InChI=1S/C23H27ClN2O4S/c1-2-30-21-10-9-20(24)14-22(21)31(28,29)26-12-5-8-19(16-26)23(27)25-13-11-17-6-3-4-7-18(17)15-25/h3-4,6-7,9-10,14,19H,2,5,8,11-13,15-16H2,1H3. The lowest BCUT2D eigenvalue weighted by Crippen LogP contribution is -2.47. The van der Waals surface area contributed by atoms with E-state index in [2.05, 4.69) is 12.1 Å².